The molecule has 0 aliphatic carbocycles. The molecule has 0 spiro atoms. The summed E-state index contributed by atoms with van der Waals surface area (Å²) in [5.41, 5.74) is 5.61. The van der Waals surface area contributed by atoms with Crippen molar-refractivity contribution in [1.82, 2.24) is 14.8 Å². The Kier molecular flexibility index (Phi) is 2.95. The van der Waals surface area contributed by atoms with Crippen LogP contribution in [0.1, 0.15) is 45.3 Å². The molecule has 0 saturated heterocycles. The molecule has 1 rings (SSSR count). The van der Waals surface area contributed by atoms with E-state index in [0.29, 0.717) is 6.54 Å². The Morgan fingerprint density at radius 1 is 1.43 bits per heavy atom. The molecule has 0 amide bonds. The molecule has 4 heteroatoms. The van der Waals surface area contributed by atoms with E-state index in [0.717, 1.165) is 11.6 Å². The van der Waals surface area contributed by atoms with Crippen molar-refractivity contribution in [2.24, 2.45) is 12.8 Å². The van der Waals surface area contributed by atoms with Crippen LogP contribution in [-0.4, -0.2) is 21.3 Å². The molecule has 0 saturated carbocycles. The topological polar surface area (TPSA) is 56.7 Å². The molecule has 1 unspecified atom stereocenters. The van der Waals surface area contributed by atoms with Crippen LogP contribution in [0.2, 0.25) is 0 Å². The van der Waals surface area contributed by atoms with Crippen LogP contribution in [0.5, 0.6) is 0 Å². The van der Waals surface area contributed by atoms with Gasteiger partial charge in [-0.05, 0) is 0 Å². The van der Waals surface area contributed by atoms with Gasteiger partial charge in [-0.1, -0.05) is 27.7 Å². The van der Waals surface area contributed by atoms with Crippen molar-refractivity contribution in [2.45, 2.75) is 39.0 Å². The lowest BCUT2D eigenvalue weighted by Crippen LogP contribution is -2.14. The Morgan fingerprint density at radius 3 is 2.36 bits per heavy atom. The van der Waals surface area contributed by atoms with E-state index < -0.39 is 0 Å². The summed E-state index contributed by atoms with van der Waals surface area (Å²) in [6, 6.07) is 0. The standard InChI is InChI=1S/C10H20N4/c1-7(6-11)8-12-9(10(2,3)4)13-14(8)5/h7H,6,11H2,1-5H3. The zero-order valence-corrected chi connectivity index (χ0v) is 9.70. The molecule has 0 aromatic carbocycles. The molecule has 0 aliphatic rings. The number of nitrogens with zero attached hydrogens (tertiary/aromatic N) is 3. The highest BCUT2D eigenvalue weighted by atomic mass is 15.3. The zero-order chi connectivity index (χ0) is 10.9. The highest BCUT2D eigenvalue weighted by Crippen LogP contribution is 2.20. The van der Waals surface area contributed by atoms with Crippen LogP contribution in [0.15, 0.2) is 0 Å². The van der Waals surface area contributed by atoms with Crippen LogP contribution in [0.4, 0.5) is 0 Å². The fourth-order valence-electron chi connectivity index (χ4n) is 1.25. The second-order valence-electron chi connectivity index (χ2n) is 4.80. The molecule has 0 fully saturated rings. The molecule has 80 valence electrons. The minimum Gasteiger partial charge on any atom is -0.330 e. The van der Waals surface area contributed by atoms with E-state index in [1.54, 1.807) is 0 Å². The Labute approximate surface area is 85.5 Å². The van der Waals surface area contributed by atoms with Crippen LogP contribution >= 0.6 is 0 Å². The number of nitrogens with two attached hydrogens (primary N) is 1. The monoisotopic (exact) mass is 196 g/mol. The second kappa shape index (κ2) is 3.69. The summed E-state index contributed by atoms with van der Waals surface area (Å²) in [6.45, 7) is 9.00. The molecule has 0 aliphatic heterocycles. The van der Waals surface area contributed by atoms with E-state index in [4.69, 9.17) is 5.73 Å². The fourth-order valence-corrected chi connectivity index (χ4v) is 1.25. The average Bonchev–Trinajstić information content (AvgIpc) is 2.45. The molecule has 0 bridgehead atoms. The van der Waals surface area contributed by atoms with Gasteiger partial charge in [-0.15, -0.1) is 0 Å². The summed E-state index contributed by atoms with van der Waals surface area (Å²) in [5, 5.41) is 4.40. The lowest BCUT2D eigenvalue weighted by Gasteiger charge is -2.12. The first-order chi connectivity index (χ1) is 6.36. The largest absolute Gasteiger partial charge is 0.330 e. The van der Waals surface area contributed by atoms with Crippen molar-refractivity contribution in [3.63, 3.8) is 0 Å². The number of rotatable bonds is 2. The molecule has 14 heavy (non-hydrogen) atoms. The van der Waals surface area contributed by atoms with Crippen LogP contribution in [0, 0.1) is 0 Å². The molecule has 1 aromatic rings. The molecule has 1 heterocycles. The van der Waals surface area contributed by atoms with E-state index in [9.17, 15) is 0 Å². The second-order valence-corrected chi connectivity index (χ2v) is 4.80. The quantitative estimate of drug-likeness (QED) is 0.772. The lowest BCUT2D eigenvalue weighted by molar-refractivity contribution is 0.538. The maximum absolute atomic E-state index is 5.61. The number of hydrogen-bond acceptors (Lipinski definition) is 3. The summed E-state index contributed by atoms with van der Waals surface area (Å²) in [7, 11) is 1.92. The lowest BCUT2D eigenvalue weighted by atomic mass is 9.96. The Balaban J connectivity index is 3.05. The van der Waals surface area contributed by atoms with Crippen molar-refractivity contribution in [2.75, 3.05) is 6.54 Å². The number of hydrogen-bond donors (Lipinski definition) is 1. The SMILES string of the molecule is CC(CN)c1nc(C(C)(C)C)nn1C. The molecule has 0 radical (unpaired) electrons. The van der Waals surface area contributed by atoms with E-state index in [-0.39, 0.29) is 11.3 Å². The molecular formula is C10H20N4. The van der Waals surface area contributed by atoms with E-state index in [1.807, 2.05) is 11.7 Å². The van der Waals surface area contributed by atoms with Gasteiger partial charge in [-0.25, -0.2) is 4.98 Å². The van der Waals surface area contributed by atoms with Crippen molar-refractivity contribution in [3.8, 4) is 0 Å². The summed E-state index contributed by atoms with van der Waals surface area (Å²) < 4.78 is 1.83. The van der Waals surface area contributed by atoms with Gasteiger partial charge >= 0.3 is 0 Å². The third-order valence-electron chi connectivity index (χ3n) is 2.26. The number of aryl methyl sites for hydroxylation is 1. The van der Waals surface area contributed by atoms with Gasteiger partial charge in [0.05, 0.1) is 0 Å². The van der Waals surface area contributed by atoms with Gasteiger partial charge in [-0.3, -0.25) is 4.68 Å². The van der Waals surface area contributed by atoms with Crippen LogP contribution < -0.4 is 5.73 Å². The highest BCUT2D eigenvalue weighted by Gasteiger charge is 2.22. The first-order valence-corrected chi connectivity index (χ1v) is 4.97. The predicted octanol–water partition coefficient (Wildman–Crippen LogP) is 1.17. The molecule has 2 N–H and O–H groups in total. The Morgan fingerprint density at radius 2 is 2.00 bits per heavy atom. The molecule has 4 nitrogen and oxygen atoms in total. The highest BCUT2D eigenvalue weighted by molar-refractivity contribution is 5.06. The maximum atomic E-state index is 5.61. The van der Waals surface area contributed by atoms with Crippen molar-refractivity contribution in [1.29, 1.82) is 0 Å². The van der Waals surface area contributed by atoms with Crippen LogP contribution in [0.3, 0.4) is 0 Å². The molecule has 1 atom stereocenters. The van der Waals surface area contributed by atoms with Gasteiger partial charge in [-0.2, -0.15) is 5.10 Å². The first-order valence-electron chi connectivity index (χ1n) is 4.97. The normalized spacial score (nSPS) is 14.4. The molecule has 1 aromatic heterocycles. The third kappa shape index (κ3) is 2.12. The van der Waals surface area contributed by atoms with E-state index in [1.165, 1.54) is 0 Å². The minimum absolute atomic E-state index is 0.00429. The van der Waals surface area contributed by atoms with Gasteiger partial charge in [0, 0.05) is 24.9 Å². The fraction of sp³-hybridized carbons (Fsp3) is 0.800. The van der Waals surface area contributed by atoms with Crippen molar-refractivity contribution >= 4 is 0 Å². The minimum atomic E-state index is 0.00429. The van der Waals surface area contributed by atoms with Crippen LogP contribution in [0.25, 0.3) is 0 Å². The molecular weight excluding hydrogens is 176 g/mol. The van der Waals surface area contributed by atoms with E-state index >= 15 is 0 Å². The maximum Gasteiger partial charge on any atom is 0.156 e. The summed E-state index contributed by atoms with van der Waals surface area (Å²) in [5.74, 6) is 2.12. The zero-order valence-electron chi connectivity index (χ0n) is 9.70. The van der Waals surface area contributed by atoms with Gasteiger partial charge in [0.1, 0.15) is 5.82 Å². The summed E-state index contributed by atoms with van der Waals surface area (Å²) in [4.78, 5) is 4.52. The Bertz CT molecular complexity index is 308. The Hall–Kier alpha value is -0.900. The third-order valence-corrected chi connectivity index (χ3v) is 2.26. The van der Waals surface area contributed by atoms with E-state index in [2.05, 4.69) is 37.8 Å². The van der Waals surface area contributed by atoms with Gasteiger partial charge < -0.3 is 5.73 Å². The first kappa shape index (κ1) is 11.2. The van der Waals surface area contributed by atoms with Gasteiger partial charge in [0.25, 0.3) is 0 Å². The summed E-state index contributed by atoms with van der Waals surface area (Å²) in [6.07, 6.45) is 0. The van der Waals surface area contributed by atoms with Gasteiger partial charge in [0.2, 0.25) is 0 Å². The van der Waals surface area contributed by atoms with Crippen LogP contribution in [-0.2, 0) is 12.5 Å². The smallest absolute Gasteiger partial charge is 0.156 e. The van der Waals surface area contributed by atoms with Crippen molar-refractivity contribution in [3.05, 3.63) is 11.6 Å². The van der Waals surface area contributed by atoms with Gasteiger partial charge in [0.15, 0.2) is 5.82 Å². The van der Waals surface area contributed by atoms with Crippen molar-refractivity contribution < 1.29 is 0 Å². The number of aromatic nitrogens is 3. The predicted molar refractivity (Wildman–Crippen MR) is 57.2 cm³/mol. The summed E-state index contributed by atoms with van der Waals surface area (Å²) >= 11 is 0. The average molecular weight is 196 g/mol.